The molecule has 0 bridgehead atoms. The Morgan fingerprint density at radius 3 is 2.19 bits per heavy atom. The highest BCUT2D eigenvalue weighted by molar-refractivity contribution is 5.60. The minimum atomic E-state index is -1.54. The van der Waals surface area contributed by atoms with Crippen LogP contribution >= 0.6 is 0 Å². The van der Waals surface area contributed by atoms with Crippen LogP contribution in [0.25, 0.3) is 0 Å². The molecule has 0 atom stereocenters. The molecule has 7 heteroatoms. The summed E-state index contributed by atoms with van der Waals surface area (Å²) in [6.45, 7) is 6.39. The van der Waals surface area contributed by atoms with Crippen LogP contribution in [0.1, 0.15) is 26.3 Å². The lowest BCUT2D eigenvalue weighted by Crippen LogP contribution is -2.10. The fourth-order valence-corrected chi connectivity index (χ4v) is 2.43. The van der Waals surface area contributed by atoms with Crippen LogP contribution in [0.3, 0.4) is 0 Å². The first-order chi connectivity index (χ1) is 12.7. The maximum Gasteiger partial charge on any atom is 0.229 e. The van der Waals surface area contributed by atoms with E-state index in [1.807, 2.05) is 24.3 Å². The van der Waals surface area contributed by atoms with Gasteiger partial charge >= 0.3 is 0 Å². The van der Waals surface area contributed by atoms with Crippen LogP contribution in [-0.2, 0) is 5.41 Å². The molecular formula is C20H19F3N4. The van der Waals surface area contributed by atoms with Gasteiger partial charge in [0.15, 0.2) is 17.5 Å². The number of benzene rings is 2. The summed E-state index contributed by atoms with van der Waals surface area (Å²) in [4.78, 5) is 8.32. The van der Waals surface area contributed by atoms with Gasteiger partial charge in [-0.05, 0) is 41.3 Å². The van der Waals surface area contributed by atoms with Gasteiger partial charge in [-0.15, -0.1) is 0 Å². The average Bonchev–Trinajstić information content (AvgIpc) is 2.62. The van der Waals surface area contributed by atoms with Crippen molar-refractivity contribution < 1.29 is 13.2 Å². The fourth-order valence-electron chi connectivity index (χ4n) is 2.43. The molecule has 2 aromatic carbocycles. The average molecular weight is 372 g/mol. The molecule has 0 aliphatic heterocycles. The standard InChI is InChI=1S/C20H19F3N4/c1-20(2,3)12-4-6-13(7-5-12)25-19-24-11-10-16(27-19)26-15-9-8-14(21)17(22)18(15)23/h4-11H,1-3H3,(H2,24,25,26,27). The first-order valence-electron chi connectivity index (χ1n) is 8.35. The van der Waals surface area contributed by atoms with Crippen molar-refractivity contribution in [2.24, 2.45) is 0 Å². The summed E-state index contributed by atoms with van der Waals surface area (Å²) < 4.78 is 40.2. The predicted molar refractivity (Wildman–Crippen MR) is 100 cm³/mol. The van der Waals surface area contributed by atoms with Crippen molar-refractivity contribution in [2.45, 2.75) is 26.2 Å². The molecule has 2 N–H and O–H groups in total. The van der Waals surface area contributed by atoms with Crippen LogP contribution in [0.5, 0.6) is 0 Å². The van der Waals surface area contributed by atoms with Gasteiger partial charge in [0.2, 0.25) is 5.95 Å². The van der Waals surface area contributed by atoms with E-state index in [2.05, 4.69) is 41.4 Å². The molecular weight excluding hydrogens is 353 g/mol. The number of nitrogens with zero attached hydrogens (tertiary/aromatic N) is 2. The van der Waals surface area contributed by atoms with Crippen LogP contribution in [0.15, 0.2) is 48.7 Å². The quantitative estimate of drug-likeness (QED) is 0.579. The van der Waals surface area contributed by atoms with E-state index in [9.17, 15) is 13.2 Å². The number of hydrogen-bond donors (Lipinski definition) is 2. The van der Waals surface area contributed by atoms with Crippen LogP contribution < -0.4 is 10.6 Å². The molecule has 0 unspecified atom stereocenters. The summed E-state index contributed by atoms with van der Waals surface area (Å²) in [7, 11) is 0. The molecule has 4 nitrogen and oxygen atoms in total. The van der Waals surface area contributed by atoms with E-state index in [1.54, 1.807) is 0 Å². The van der Waals surface area contributed by atoms with Gasteiger partial charge in [-0.3, -0.25) is 0 Å². The Morgan fingerprint density at radius 1 is 0.815 bits per heavy atom. The van der Waals surface area contributed by atoms with Crippen molar-refractivity contribution in [3.05, 3.63) is 71.7 Å². The summed E-state index contributed by atoms with van der Waals surface area (Å²) in [6.07, 6.45) is 1.47. The second-order valence-corrected chi connectivity index (χ2v) is 7.07. The van der Waals surface area contributed by atoms with E-state index in [-0.39, 0.29) is 22.9 Å². The number of nitrogens with one attached hydrogen (secondary N) is 2. The highest BCUT2D eigenvalue weighted by atomic mass is 19.2. The second-order valence-electron chi connectivity index (χ2n) is 7.07. The van der Waals surface area contributed by atoms with Crippen molar-refractivity contribution in [3.8, 4) is 0 Å². The van der Waals surface area contributed by atoms with E-state index in [1.165, 1.54) is 17.8 Å². The second kappa shape index (κ2) is 7.26. The van der Waals surface area contributed by atoms with E-state index < -0.39 is 17.5 Å². The van der Waals surface area contributed by atoms with E-state index in [0.717, 1.165) is 17.8 Å². The molecule has 0 fully saturated rings. The molecule has 140 valence electrons. The molecule has 0 saturated carbocycles. The van der Waals surface area contributed by atoms with Crippen LogP contribution in [0.4, 0.5) is 36.3 Å². The molecule has 27 heavy (non-hydrogen) atoms. The van der Waals surface area contributed by atoms with Crippen LogP contribution in [0, 0.1) is 17.5 Å². The molecule has 1 aromatic heterocycles. The summed E-state index contributed by atoms with van der Waals surface area (Å²) in [5.74, 6) is -3.57. The molecule has 0 radical (unpaired) electrons. The summed E-state index contributed by atoms with van der Waals surface area (Å²) in [5, 5.41) is 5.68. The Kier molecular flexibility index (Phi) is 5.03. The Hall–Kier alpha value is -3.09. The molecule has 1 heterocycles. The number of aromatic nitrogens is 2. The minimum Gasteiger partial charge on any atom is -0.338 e. The summed E-state index contributed by atoms with van der Waals surface area (Å²) >= 11 is 0. The molecule has 3 rings (SSSR count). The SMILES string of the molecule is CC(C)(C)c1ccc(Nc2nccc(Nc3ccc(F)c(F)c3F)n2)cc1. The zero-order valence-electron chi connectivity index (χ0n) is 15.1. The van der Waals surface area contributed by atoms with Crippen LogP contribution in [-0.4, -0.2) is 9.97 Å². The van der Waals surface area contributed by atoms with Gasteiger partial charge in [0.25, 0.3) is 0 Å². The smallest absolute Gasteiger partial charge is 0.229 e. The van der Waals surface area contributed by atoms with Crippen molar-refractivity contribution >= 4 is 23.1 Å². The van der Waals surface area contributed by atoms with Gasteiger partial charge in [0, 0.05) is 11.9 Å². The molecule has 0 aliphatic carbocycles. The van der Waals surface area contributed by atoms with Crippen molar-refractivity contribution in [3.63, 3.8) is 0 Å². The Balaban J connectivity index is 1.77. The highest BCUT2D eigenvalue weighted by Gasteiger charge is 2.15. The van der Waals surface area contributed by atoms with E-state index >= 15 is 0 Å². The summed E-state index contributed by atoms with van der Waals surface area (Å²) in [6, 6.07) is 11.3. The van der Waals surface area contributed by atoms with E-state index in [4.69, 9.17) is 0 Å². The third kappa shape index (κ3) is 4.36. The lowest BCUT2D eigenvalue weighted by molar-refractivity contribution is 0.449. The minimum absolute atomic E-state index is 0.0490. The molecule has 0 amide bonds. The van der Waals surface area contributed by atoms with Crippen molar-refractivity contribution in [1.29, 1.82) is 0 Å². The number of anilines is 4. The van der Waals surface area contributed by atoms with Crippen molar-refractivity contribution in [2.75, 3.05) is 10.6 Å². The van der Waals surface area contributed by atoms with Crippen molar-refractivity contribution in [1.82, 2.24) is 9.97 Å². The third-order valence-electron chi connectivity index (χ3n) is 3.96. The third-order valence-corrected chi connectivity index (χ3v) is 3.96. The normalized spacial score (nSPS) is 11.3. The first-order valence-corrected chi connectivity index (χ1v) is 8.35. The molecule has 3 aromatic rings. The van der Waals surface area contributed by atoms with Gasteiger partial charge < -0.3 is 10.6 Å². The van der Waals surface area contributed by atoms with Gasteiger partial charge in [-0.2, -0.15) is 4.98 Å². The molecule has 0 spiro atoms. The molecule has 0 saturated heterocycles. The first kappa shape index (κ1) is 18.7. The van der Waals surface area contributed by atoms with E-state index in [0.29, 0.717) is 0 Å². The lowest BCUT2D eigenvalue weighted by atomic mass is 9.87. The van der Waals surface area contributed by atoms with Gasteiger partial charge in [0.1, 0.15) is 5.82 Å². The Bertz CT molecular complexity index is 950. The van der Waals surface area contributed by atoms with Gasteiger partial charge in [0.05, 0.1) is 5.69 Å². The predicted octanol–water partition coefficient (Wildman–Crippen LogP) is 5.68. The van der Waals surface area contributed by atoms with Gasteiger partial charge in [-0.1, -0.05) is 32.9 Å². The maximum absolute atomic E-state index is 13.8. The summed E-state index contributed by atoms with van der Waals surface area (Å²) in [5.41, 5.74) is 1.82. The largest absolute Gasteiger partial charge is 0.338 e. The number of rotatable bonds is 4. The molecule has 0 aliphatic rings. The van der Waals surface area contributed by atoms with Gasteiger partial charge in [-0.25, -0.2) is 18.2 Å². The van der Waals surface area contributed by atoms with Crippen LogP contribution in [0.2, 0.25) is 0 Å². The topological polar surface area (TPSA) is 49.8 Å². The highest BCUT2D eigenvalue weighted by Crippen LogP contribution is 2.25. The lowest BCUT2D eigenvalue weighted by Gasteiger charge is -2.19. The number of hydrogen-bond acceptors (Lipinski definition) is 4. The Morgan fingerprint density at radius 2 is 1.52 bits per heavy atom. The maximum atomic E-state index is 13.8. The zero-order valence-corrected chi connectivity index (χ0v) is 15.1. The monoisotopic (exact) mass is 372 g/mol. The number of halogens is 3. The zero-order chi connectivity index (χ0) is 19.6. The Labute approximate surface area is 155 Å². The fraction of sp³-hybridized carbons (Fsp3) is 0.200.